The Bertz CT molecular complexity index is 456. The average molecular weight is 292 g/mol. The van der Waals surface area contributed by atoms with Crippen molar-refractivity contribution in [2.45, 2.75) is 26.7 Å². The van der Waals surface area contributed by atoms with Crippen molar-refractivity contribution in [1.82, 2.24) is 5.32 Å². The molecule has 1 aromatic carbocycles. The first-order valence-electron chi connectivity index (χ1n) is 7.41. The molecule has 1 heterocycles. The summed E-state index contributed by atoms with van der Waals surface area (Å²) >= 11 is 2.02. The Labute approximate surface area is 125 Å². The van der Waals surface area contributed by atoms with Crippen molar-refractivity contribution in [3.05, 3.63) is 29.3 Å². The Morgan fingerprint density at radius 1 is 1.35 bits per heavy atom. The first kappa shape index (κ1) is 15.2. The van der Waals surface area contributed by atoms with Crippen LogP contribution < -0.4 is 10.6 Å². The molecule has 3 nitrogen and oxygen atoms in total. The normalized spacial score (nSPS) is 15.9. The Balaban J connectivity index is 1.89. The number of anilines is 1. The van der Waals surface area contributed by atoms with E-state index in [2.05, 4.69) is 17.6 Å². The Kier molecular flexibility index (Phi) is 5.77. The van der Waals surface area contributed by atoms with Gasteiger partial charge in [-0.25, -0.2) is 0 Å². The minimum Gasteiger partial charge on any atom is -0.385 e. The zero-order valence-electron chi connectivity index (χ0n) is 12.4. The van der Waals surface area contributed by atoms with Crippen LogP contribution in [0.4, 0.5) is 5.69 Å². The van der Waals surface area contributed by atoms with Gasteiger partial charge in [-0.2, -0.15) is 11.8 Å². The van der Waals surface area contributed by atoms with Crippen LogP contribution in [0.5, 0.6) is 0 Å². The summed E-state index contributed by atoms with van der Waals surface area (Å²) in [7, 11) is 0. The Morgan fingerprint density at radius 2 is 2.10 bits per heavy atom. The number of thioether (sulfide) groups is 1. The lowest BCUT2D eigenvalue weighted by Crippen LogP contribution is -2.31. The van der Waals surface area contributed by atoms with Crippen LogP contribution in [-0.4, -0.2) is 30.5 Å². The molecule has 0 radical (unpaired) electrons. The lowest BCUT2D eigenvalue weighted by molar-refractivity contribution is 0.0946. The van der Waals surface area contributed by atoms with E-state index in [9.17, 15) is 4.79 Å². The number of hydrogen-bond donors (Lipinski definition) is 2. The maximum Gasteiger partial charge on any atom is 0.251 e. The molecule has 20 heavy (non-hydrogen) atoms. The number of aryl methyl sites for hydroxylation is 1. The second kappa shape index (κ2) is 7.58. The average Bonchev–Trinajstić information content (AvgIpc) is 2.48. The Morgan fingerprint density at radius 3 is 2.75 bits per heavy atom. The molecule has 0 aromatic heterocycles. The lowest BCUT2D eigenvalue weighted by Gasteiger charge is -2.21. The molecule has 4 heteroatoms. The lowest BCUT2D eigenvalue weighted by atomic mass is 10.0. The molecule has 2 rings (SSSR count). The minimum absolute atomic E-state index is 0.0503. The molecule has 0 bridgehead atoms. The molecule has 0 saturated carbocycles. The topological polar surface area (TPSA) is 41.1 Å². The first-order chi connectivity index (χ1) is 9.70. The third kappa shape index (κ3) is 4.17. The SMILES string of the molecule is CCNc1ccc(C(=O)NCC2CCSCC2)cc1C. The zero-order chi connectivity index (χ0) is 14.4. The molecule has 1 aliphatic rings. The highest BCUT2D eigenvalue weighted by Gasteiger charge is 2.15. The summed E-state index contributed by atoms with van der Waals surface area (Å²) in [6.07, 6.45) is 2.45. The minimum atomic E-state index is 0.0503. The van der Waals surface area contributed by atoms with Crippen molar-refractivity contribution in [2.24, 2.45) is 5.92 Å². The van der Waals surface area contributed by atoms with Gasteiger partial charge >= 0.3 is 0 Å². The van der Waals surface area contributed by atoms with Crippen molar-refractivity contribution in [2.75, 3.05) is 29.9 Å². The van der Waals surface area contributed by atoms with E-state index < -0.39 is 0 Å². The van der Waals surface area contributed by atoms with E-state index in [1.165, 1.54) is 24.3 Å². The largest absolute Gasteiger partial charge is 0.385 e. The third-order valence-electron chi connectivity index (χ3n) is 3.75. The van der Waals surface area contributed by atoms with Gasteiger partial charge in [-0.1, -0.05) is 0 Å². The molecule has 110 valence electrons. The predicted octanol–water partition coefficient (Wildman–Crippen LogP) is 3.30. The summed E-state index contributed by atoms with van der Waals surface area (Å²) in [5.41, 5.74) is 2.98. The van der Waals surface area contributed by atoms with Crippen molar-refractivity contribution >= 4 is 23.4 Å². The fraction of sp³-hybridized carbons (Fsp3) is 0.562. The van der Waals surface area contributed by atoms with Gasteiger partial charge in [-0.3, -0.25) is 4.79 Å². The predicted molar refractivity (Wildman–Crippen MR) is 87.7 cm³/mol. The second-order valence-electron chi connectivity index (χ2n) is 5.33. The van der Waals surface area contributed by atoms with Crippen LogP contribution in [0.15, 0.2) is 18.2 Å². The van der Waals surface area contributed by atoms with E-state index in [1.807, 2.05) is 36.9 Å². The molecule has 0 spiro atoms. The monoisotopic (exact) mass is 292 g/mol. The summed E-state index contributed by atoms with van der Waals surface area (Å²) in [4.78, 5) is 12.2. The fourth-order valence-electron chi connectivity index (χ4n) is 2.48. The highest BCUT2D eigenvalue weighted by molar-refractivity contribution is 7.99. The van der Waals surface area contributed by atoms with Crippen molar-refractivity contribution in [1.29, 1.82) is 0 Å². The molecule has 1 fully saturated rings. The van der Waals surface area contributed by atoms with Gasteiger partial charge in [0.1, 0.15) is 0 Å². The zero-order valence-corrected chi connectivity index (χ0v) is 13.2. The summed E-state index contributed by atoms with van der Waals surface area (Å²) in [6.45, 7) is 5.81. The summed E-state index contributed by atoms with van der Waals surface area (Å²) < 4.78 is 0. The number of nitrogens with one attached hydrogen (secondary N) is 2. The highest BCUT2D eigenvalue weighted by Crippen LogP contribution is 2.22. The smallest absolute Gasteiger partial charge is 0.251 e. The van der Waals surface area contributed by atoms with Gasteiger partial charge in [-0.05, 0) is 67.9 Å². The van der Waals surface area contributed by atoms with Crippen LogP contribution in [-0.2, 0) is 0 Å². The van der Waals surface area contributed by atoms with Gasteiger partial charge in [0.05, 0.1) is 0 Å². The maximum absolute atomic E-state index is 12.2. The number of carbonyl (C=O) groups excluding carboxylic acids is 1. The van der Waals surface area contributed by atoms with Gasteiger partial charge in [0.25, 0.3) is 5.91 Å². The first-order valence-corrected chi connectivity index (χ1v) is 8.56. The van der Waals surface area contributed by atoms with Gasteiger partial charge in [0.2, 0.25) is 0 Å². The molecule has 0 atom stereocenters. The van der Waals surface area contributed by atoms with E-state index in [0.29, 0.717) is 5.92 Å². The number of benzene rings is 1. The van der Waals surface area contributed by atoms with Crippen LogP contribution in [0.1, 0.15) is 35.7 Å². The summed E-state index contributed by atoms with van der Waals surface area (Å²) in [5, 5.41) is 6.37. The van der Waals surface area contributed by atoms with Gasteiger partial charge < -0.3 is 10.6 Å². The van der Waals surface area contributed by atoms with E-state index in [-0.39, 0.29) is 5.91 Å². The molecule has 1 aliphatic heterocycles. The van der Waals surface area contributed by atoms with E-state index in [0.717, 1.165) is 29.9 Å². The van der Waals surface area contributed by atoms with Crippen LogP contribution in [0.3, 0.4) is 0 Å². The van der Waals surface area contributed by atoms with Crippen molar-refractivity contribution < 1.29 is 4.79 Å². The van der Waals surface area contributed by atoms with Crippen molar-refractivity contribution in [3.8, 4) is 0 Å². The number of rotatable bonds is 5. The van der Waals surface area contributed by atoms with Crippen LogP contribution in [0.2, 0.25) is 0 Å². The number of hydrogen-bond acceptors (Lipinski definition) is 3. The van der Waals surface area contributed by atoms with E-state index in [1.54, 1.807) is 0 Å². The van der Waals surface area contributed by atoms with Crippen LogP contribution >= 0.6 is 11.8 Å². The van der Waals surface area contributed by atoms with Gasteiger partial charge in [-0.15, -0.1) is 0 Å². The molecule has 0 aliphatic carbocycles. The second-order valence-corrected chi connectivity index (χ2v) is 6.55. The van der Waals surface area contributed by atoms with Crippen LogP contribution in [0.25, 0.3) is 0 Å². The third-order valence-corrected chi connectivity index (χ3v) is 4.80. The molecule has 1 aromatic rings. The highest BCUT2D eigenvalue weighted by atomic mass is 32.2. The number of amides is 1. The molecule has 0 unspecified atom stereocenters. The molecular weight excluding hydrogens is 268 g/mol. The summed E-state index contributed by atoms with van der Waals surface area (Å²) in [6, 6.07) is 5.85. The summed E-state index contributed by atoms with van der Waals surface area (Å²) in [5.74, 6) is 3.17. The maximum atomic E-state index is 12.2. The van der Waals surface area contributed by atoms with Gasteiger partial charge in [0.15, 0.2) is 0 Å². The van der Waals surface area contributed by atoms with E-state index in [4.69, 9.17) is 0 Å². The van der Waals surface area contributed by atoms with E-state index >= 15 is 0 Å². The quantitative estimate of drug-likeness (QED) is 0.875. The molecule has 2 N–H and O–H groups in total. The molecule has 1 amide bonds. The number of carbonyl (C=O) groups is 1. The fourth-order valence-corrected chi connectivity index (χ4v) is 3.69. The van der Waals surface area contributed by atoms with Gasteiger partial charge in [0, 0.05) is 24.3 Å². The standard InChI is InChI=1S/C16H24N2OS/c1-3-17-15-5-4-14(10-12(15)2)16(19)18-11-13-6-8-20-9-7-13/h4-5,10,13,17H,3,6-9,11H2,1-2H3,(H,18,19). The van der Waals surface area contributed by atoms with Crippen LogP contribution in [0, 0.1) is 12.8 Å². The van der Waals surface area contributed by atoms with Crippen molar-refractivity contribution in [3.63, 3.8) is 0 Å². The molecular formula is C16H24N2OS. The Hall–Kier alpha value is -1.16. The molecule has 1 saturated heterocycles.